The lowest BCUT2D eigenvalue weighted by molar-refractivity contribution is 0.635. The van der Waals surface area contributed by atoms with Gasteiger partial charge in [0.1, 0.15) is 18.0 Å². The van der Waals surface area contributed by atoms with Crippen LogP contribution in [0.5, 0.6) is 0 Å². The van der Waals surface area contributed by atoms with Crippen LogP contribution < -0.4 is 9.80 Å². The molecule has 1 aliphatic rings. The zero-order chi connectivity index (χ0) is 14.9. The van der Waals surface area contributed by atoms with Crippen LogP contribution in [0, 0.1) is 6.92 Å². The molecule has 0 saturated carbocycles. The van der Waals surface area contributed by atoms with Crippen molar-refractivity contribution in [3.8, 4) is 0 Å². The van der Waals surface area contributed by atoms with Gasteiger partial charge in [-0.05, 0) is 31.2 Å². The number of hydrogen-bond acceptors (Lipinski definition) is 6. The highest BCUT2D eigenvalue weighted by Crippen LogP contribution is 2.18. The molecule has 0 amide bonds. The number of rotatable bonds is 2. The van der Waals surface area contributed by atoms with Crippen LogP contribution in [0.2, 0.25) is 0 Å². The molecule has 1 saturated heterocycles. The maximum atomic E-state index is 4.60. The summed E-state index contributed by atoms with van der Waals surface area (Å²) in [7, 11) is 0. The van der Waals surface area contributed by atoms with Crippen molar-refractivity contribution in [2.24, 2.45) is 0 Å². The Hall–Kier alpha value is -2.70. The summed E-state index contributed by atoms with van der Waals surface area (Å²) in [5.74, 6) is 2.02. The highest BCUT2D eigenvalue weighted by atomic mass is 15.4. The number of nitrogens with zero attached hydrogens (tertiary/aromatic N) is 7. The Bertz CT molecular complexity index is 789. The molecule has 0 bridgehead atoms. The topological polar surface area (TPSA) is 62.5 Å². The molecule has 0 unspecified atom stereocenters. The van der Waals surface area contributed by atoms with Crippen LogP contribution in [0.4, 0.5) is 11.6 Å². The van der Waals surface area contributed by atoms with Gasteiger partial charge in [-0.1, -0.05) is 6.07 Å². The van der Waals surface area contributed by atoms with E-state index < -0.39 is 0 Å². The maximum Gasteiger partial charge on any atom is 0.177 e. The summed E-state index contributed by atoms with van der Waals surface area (Å²) in [6.45, 7) is 5.77. The van der Waals surface area contributed by atoms with Gasteiger partial charge in [-0.25, -0.2) is 4.98 Å². The van der Waals surface area contributed by atoms with Crippen LogP contribution >= 0.6 is 0 Å². The van der Waals surface area contributed by atoms with Crippen LogP contribution in [-0.4, -0.2) is 51.0 Å². The molecule has 0 atom stereocenters. The van der Waals surface area contributed by atoms with Crippen LogP contribution in [0.15, 0.2) is 36.7 Å². The van der Waals surface area contributed by atoms with Gasteiger partial charge in [-0.3, -0.25) is 0 Å². The van der Waals surface area contributed by atoms with Crippen molar-refractivity contribution < 1.29 is 0 Å². The first kappa shape index (κ1) is 13.0. The highest BCUT2D eigenvalue weighted by molar-refractivity contribution is 5.47. The minimum atomic E-state index is 0.770. The first-order chi connectivity index (χ1) is 10.8. The van der Waals surface area contributed by atoms with Crippen LogP contribution in [0.25, 0.3) is 5.65 Å². The van der Waals surface area contributed by atoms with Gasteiger partial charge in [-0.15, -0.1) is 15.3 Å². The molecular weight excluding hydrogens is 278 g/mol. The molecule has 3 aromatic heterocycles. The van der Waals surface area contributed by atoms with Crippen molar-refractivity contribution in [3.05, 3.63) is 42.4 Å². The second-order valence-corrected chi connectivity index (χ2v) is 5.44. The molecular formula is C15H17N7. The molecule has 112 valence electrons. The summed E-state index contributed by atoms with van der Waals surface area (Å²) >= 11 is 0. The highest BCUT2D eigenvalue weighted by Gasteiger charge is 2.19. The molecule has 7 heteroatoms. The predicted molar refractivity (Wildman–Crippen MR) is 84.2 cm³/mol. The van der Waals surface area contributed by atoms with E-state index in [0.717, 1.165) is 49.2 Å². The Labute approximate surface area is 128 Å². The number of fused-ring (bicyclic) bond motifs is 1. The van der Waals surface area contributed by atoms with Gasteiger partial charge >= 0.3 is 0 Å². The van der Waals surface area contributed by atoms with Crippen molar-refractivity contribution in [1.29, 1.82) is 0 Å². The van der Waals surface area contributed by atoms with Crippen LogP contribution in [-0.2, 0) is 0 Å². The zero-order valence-electron chi connectivity index (χ0n) is 12.4. The third-order valence-electron chi connectivity index (χ3n) is 3.95. The molecule has 0 N–H and O–H groups in total. The Kier molecular flexibility index (Phi) is 3.10. The lowest BCUT2D eigenvalue weighted by atomic mass is 10.3. The van der Waals surface area contributed by atoms with E-state index in [9.17, 15) is 0 Å². The Morgan fingerprint density at radius 1 is 0.909 bits per heavy atom. The number of aromatic nitrogens is 5. The first-order valence-corrected chi connectivity index (χ1v) is 7.40. The van der Waals surface area contributed by atoms with E-state index in [1.165, 1.54) is 0 Å². The van der Waals surface area contributed by atoms with Gasteiger partial charge in [0.2, 0.25) is 0 Å². The molecule has 0 aromatic carbocycles. The van der Waals surface area contributed by atoms with Gasteiger partial charge in [0, 0.05) is 31.9 Å². The predicted octanol–water partition coefficient (Wildman–Crippen LogP) is 1.15. The fourth-order valence-corrected chi connectivity index (χ4v) is 2.76. The fourth-order valence-electron chi connectivity index (χ4n) is 2.76. The second-order valence-electron chi connectivity index (χ2n) is 5.44. The lowest BCUT2D eigenvalue weighted by Gasteiger charge is -2.36. The quantitative estimate of drug-likeness (QED) is 0.707. The van der Waals surface area contributed by atoms with Crippen LogP contribution in [0.1, 0.15) is 5.69 Å². The van der Waals surface area contributed by atoms with Crippen molar-refractivity contribution in [3.63, 3.8) is 0 Å². The largest absolute Gasteiger partial charge is 0.353 e. The van der Waals surface area contributed by atoms with Gasteiger partial charge in [-0.2, -0.15) is 4.52 Å². The molecule has 3 aromatic rings. The van der Waals surface area contributed by atoms with E-state index in [1.54, 1.807) is 10.8 Å². The molecule has 0 spiro atoms. The molecule has 0 aliphatic carbocycles. The third-order valence-corrected chi connectivity index (χ3v) is 3.95. The van der Waals surface area contributed by atoms with Crippen molar-refractivity contribution in [1.82, 2.24) is 24.8 Å². The van der Waals surface area contributed by atoms with E-state index >= 15 is 0 Å². The SMILES string of the molecule is Cc1cccc(N2CCN(c3ccc4nncn4n3)CC2)n1. The lowest BCUT2D eigenvalue weighted by Crippen LogP contribution is -2.47. The molecule has 7 nitrogen and oxygen atoms in total. The van der Waals surface area contributed by atoms with E-state index in [4.69, 9.17) is 0 Å². The monoisotopic (exact) mass is 295 g/mol. The normalized spacial score (nSPS) is 15.5. The minimum Gasteiger partial charge on any atom is -0.353 e. The smallest absolute Gasteiger partial charge is 0.177 e. The Morgan fingerprint density at radius 2 is 1.68 bits per heavy atom. The van der Waals surface area contributed by atoms with E-state index in [2.05, 4.69) is 42.2 Å². The zero-order valence-corrected chi connectivity index (χ0v) is 12.4. The number of pyridine rings is 1. The number of piperazine rings is 1. The standard InChI is InChI=1S/C15H17N7/c1-12-3-2-4-13(17-12)20-7-9-21(10-8-20)15-6-5-14-18-16-11-22(14)19-15/h2-6,11H,7-10H2,1H3. The first-order valence-electron chi connectivity index (χ1n) is 7.40. The Morgan fingerprint density at radius 3 is 2.45 bits per heavy atom. The third kappa shape index (κ3) is 2.34. The van der Waals surface area contributed by atoms with Gasteiger partial charge in [0.15, 0.2) is 5.65 Å². The molecule has 1 aliphatic heterocycles. The van der Waals surface area contributed by atoms with Crippen molar-refractivity contribution >= 4 is 17.3 Å². The summed E-state index contributed by atoms with van der Waals surface area (Å²) in [6.07, 6.45) is 1.63. The molecule has 0 radical (unpaired) electrons. The van der Waals surface area contributed by atoms with E-state index in [1.807, 2.05) is 25.1 Å². The minimum absolute atomic E-state index is 0.770. The van der Waals surface area contributed by atoms with Crippen LogP contribution in [0.3, 0.4) is 0 Å². The summed E-state index contributed by atoms with van der Waals surface area (Å²) in [6, 6.07) is 10.1. The van der Waals surface area contributed by atoms with Gasteiger partial charge < -0.3 is 9.80 Å². The summed E-state index contributed by atoms with van der Waals surface area (Å²) in [4.78, 5) is 9.20. The van der Waals surface area contributed by atoms with Gasteiger partial charge in [0.05, 0.1) is 0 Å². The molecule has 4 heterocycles. The molecule has 22 heavy (non-hydrogen) atoms. The number of aryl methyl sites for hydroxylation is 1. The average Bonchev–Trinajstić information content (AvgIpc) is 3.02. The van der Waals surface area contributed by atoms with Crippen molar-refractivity contribution in [2.75, 3.05) is 36.0 Å². The maximum absolute atomic E-state index is 4.60. The fraction of sp³-hybridized carbons (Fsp3) is 0.333. The summed E-state index contributed by atoms with van der Waals surface area (Å²) < 4.78 is 1.71. The molecule has 1 fully saturated rings. The average molecular weight is 295 g/mol. The van der Waals surface area contributed by atoms with Gasteiger partial charge in [0.25, 0.3) is 0 Å². The number of hydrogen-bond donors (Lipinski definition) is 0. The number of anilines is 2. The van der Waals surface area contributed by atoms with Crippen molar-refractivity contribution in [2.45, 2.75) is 6.92 Å². The van der Waals surface area contributed by atoms with E-state index in [0.29, 0.717) is 0 Å². The summed E-state index contributed by atoms with van der Waals surface area (Å²) in [5.41, 5.74) is 1.83. The summed E-state index contributed by atoms with van der Waals surface area (Å²) in [5, 5.41) is 12.4. The molecule has 4 rings (SSSR count). The second kappa shape index (κ2) is 5.25. The Balaban J connectivity index is 1.49. The van der Waals surface area contributed by atoms with E-state index in [-0.39, 0.29) is 0 Å².